The lowest BCUT2D eigenvalue weighted by atomic mass is 10.2. The van der Waals surface area contributed by atoms with Crippen LogP contribution in [0.5, 0.6) is 0 Å². The summed E-state index contributed by atoms with van der Waals surface area (Å²) in [5, 5.41) is 2.11. The number of hydrogen-bond donors (Lipinski definition) is 1. The number of rotatable bonds is 2. The molecule has 96 valence electrons. The summed E-state index contributed by atoms with van der Waals surface area (Å²) < 4.78 is 0. The molecular formula is C16H16N2S. The van der Waals surface area contributed by atoms with Crippen molar-refractivity contribution in [2.24, 2.45) is 5.73 Å². The van der Waals surface area contributed by atoms with Crippen LogP contribution < -0.4 is 10.6 Å². The topological polar surface area (TPSA) is 29.3 Å². The van der Waals surface area contributed by atoms with Gasteiger partial charge in [-0.1, -0.05) is 30.0 Å². The maximum atomic E-state index is 5.44. The summed E-state index contributed by atoms with van der Waals surface area (Å²) in [5.74, 6) is 6.10. The molecule has 0 saturated carbocycles. The van der Waals surface area contributed by atoms with Crippen molar-refractivity contribution < 1.29 is 0 Å². The maximum Gasteiger partial charge on any atom is 0.0555 e. The molecule has 1 aliphatic rings. The van der Waals surface area contributed by atoms with Crippen LogP contribution in [0.3, 0.4) is 0 Å². The van der Waals surface area contributed by atoms with Crippen LogP contribution in [-0.2, 0) is 13.0 Å². The van der Waals surface area contributed by atoms with Crippen molar-refractivity contribution in [1.82, 2.24) is 0 Å². The van der Waals surface area contributed by atoms with Crippen LogP contribution in [0.25, 0.3) is 0 Å². The van der Waals surface area contributed by atoms with Gasteiger partial charge in [-0.25, -0.2) is 0 Å². The van der Waals surface area contributed by atoms with Crippen molar-refractivity contribution in [3.05, 3.63) is 51.7 Å². The van der Waals surface area contributed by atoms with Gasteiger partial charge < -0.3 is 10.6 Å². The molecule has 19 heavy (non-hydrogen) atoms. The number of nitrogens with two attached hydrogens (primary N) is 1. The molecule has 0 spiro atoms. The Morgan fingerprint density at radius 3 is 3.05 bits per heavy atom. The molecule has 3 rings (SSSR count). The minimum absolute atomic E-state index is 0.418. The third-order valence-electron chi connectivity index (χ3n) is 3.39. The molecule has 1 aromatic carbocycles. The van der Waals surface area contributed by atoms with E-state index in [1.807, 2.05) is 0 Å². The molecule has 2 heterocycles. The first-order valence-corrected chi connectivity index (χ1v) is 7.34. The van der Waals surface area contributed by atoms with Gasteiger partial charge in [0.1, 0.15) is 0 Å². The Bertz CT molecular complexity index is 633. The van der Waals surface area contributed by atoms with Crippen molar-refractivity contribution in [3.63, 3.8) is 0 Å². The van der Waals surface area contributed by atoms with Crippen LogP contribution in [0, 0.1) is 11.8 Å². The third kappa shape index (κ3) is 2.51. The molecule has 0 amide bonds. The SMILES string of the molecule is NCC#Cc1ccsc1CN1CCc2ccccc21. The molecule has 2 aromatic rings. The second-order valence-corrected chi connectivity index (χ2v) is 5.56. The minimum atomic E-state index is 0.418. The van der Waals surface area contributed by atoms with Crippen LogP contribution in [0.4, 0.5) is 5.69 Å². The molecule has 0 saturated heterocycles. The molecule has 2 nitrogen and oxygen atoms in total. The Labute approximate surface area is 117 Å². The van der Waals surface area contributed by atoms with Crippen molar-refractivity contribution in [2.45, 2.75) is 13.0 Å². The smallest absolute Gasteiger partial charge is 0.0555 e. The number of anilines is 1. The van der Waals surface area contributed by atoms with Gasteiger partial charge in [0.15, 0.2) is 0 Å². The van der Waals surface area contributed by atoms with Crippen molar-refractivity contribution in [2.75, 3.05) is 18.0 Å². The van der Waals surface area contributed by atoms with E-state index in [0.29, 0.717) is 6.54 Å². The number of para-hydroxylation sites is 1. The zero-order valence-corrected chi connectivity index (χ0v) is 11.5. The number of fused-ring (bicyclic) bond motifs is 1. The lowest BCUT2D eigenvalue weighted by molar-refractivity contribution is 0.845. The van der Waals surface area contributed by atoms with Gasteiger partial charge in [-0.2, -0.15) is 0 Å². The van der Waals surface area contributed by atoms with Gasteiger partial charge in [0, 0.05) is 22.7 Å². The molecule has 2 N–H and O–H groups in total. The highest BCUT2D eigenvalue weighted by Gasteiger charge is 2.19. The largest absolute Gasteiger partial charge is 0.366 e. The van der Waals surface area contributed by atoms with Gasteiger partial charge in [0.05, 0.1) is 13.1 Å². The summed E-state index contributed by atoms with van der Waals surface area (Å²) >= 11 is 1.78. The van der Waals surface area contributed by atoms with Gasteiger partial charge in [0.25, 0.3) is 0 Å². The first-order chi connectivity index (χ1) is 9.38. The van der Waals surface area contributed by atoms with E-state index in [4.69, 9.17) is 5.73 Å². The van der Waals surface area contributed by atoms with Gasteiger partial charge >= 0.3 is 0 Å². The van der Waals surface area contributed by atoms with Gasteiger partial charge in [0.2, 0.25) is 0 Å². The molecule has 0 atom stereocenters. The Kier molecular flexibility index (Phi) is 3.54. The highest BCUT2D eigenvalue weighted by molar-refractivity contribution is 7.10. The highest BCUT2D eigenvalue weighted by atomic mass is 32.1. The van der Waals surface area contributed by atoms with Crippen LogP contribution in [0.15, 0.2) is 35.7 Å². The average Bonchev–Trinajstić information content (AvgIpc) is 3.05. The van der Waals surface area contributed by atoms with E-state index in [9.17, 15) is 0 Å². The number of nitrogens with zero attached hydrogens (tertiary/aromatic N) is 1. The molecule has 0 fully saturated rings. The number of thiophene rings is 1. The van der Waals surface area contributed by atoms with Crippen LogP contribution in [-0.4, -0.2) is 13.1 Å². The van der Waals surface area contributed by atoms with E-state index < -0.39 is 0 Å². The maximum absolute atomic E-state index is 5.44. The van der Waals surface area contributed by atoms with Crippen LogP contribution in [0.2, 0.25) is 0 Å². The molecule has 1 aliphatic heterocycles. The van der Waals surface area contributed by atoms with Crippen LogP contribution >= 0.6 is 11.3 Å². The molecule has 3 heteroatoms. The molecule has 0 bridgehead atoms. The van der Waals surface area contributed by atoms with Crippen molar-refractivity contribution in [1.29, 1.82) is 0 Å². The van der Waals surface area contributed by atoms with E-state index >= 15 is 0 Å². The average molecular weight is 268 g/mol. The van der Waals surface area contributed by atoms with E-state index in [1.54, 1.807) is 11.3 Å². The Balaban J connectivity index is 1.82. The first-order valence-electron chi connectivity index (χ1n) is 6.46. The molecule has 0 aliphatic carbocycles. The lowest BCUT2D eigenvalue weighted by Gasteiger charge is -2.18. The van der Waals surface area contributed by atoms with Gasteiger partial charge in [-0.3, -0.25) is 0 Å². The standard InChI is InChI=1S/C16H16N2S/c17-9-3-5-14-8-11-19-16(14)12-18-10-7-13-4-1-2-6-15(13)18/h1-2,4,6,8,11H,7,9-10,12,17H2. The highest BCUT2D eigenvalue weighted by Crippen LogP contribution is 2.30. The normalized spacial score (nSPS) is 13.0. The summed E-state index contributed by atoms with van der Waals surface area (Å²) in [4.78, 5) is 3.77. The number of hydrogen-bond acceptors (Lipinski definition) is 3. The zero-order chi connectivity index (χ0) is 13.1. The number of benzene rings is 1. The van der Waals surface area contributed by atoms with Gasteiger partial charge in [-0.15, -0.1) is 11.3 Å². The van der Waals surface area contributed by atoms with Crippen molar-refractivity contribution >= 4 is 17.0 Å². The van der Waals surface area contributed by atoms with E-state index in [-0.39, 0.29) is 0 Å². The lowest BCUT2D eigenvalue weighted by Crippen LogP contribution is -2.19. The fourth-order valence-electron chi connectivity index (χ4n) is 2.46. The fraction of sp³-hybridized carbons (Fsp3) is 0.250. The van der Waals surface area contributed by atoms with Crippen molar-refractivity contribution in [3.8, 4) is 11.8 Å². The summed E-state index contributed by atoms with van der Waals surface area (Å²) in [7, 11) is 0. The Morgan fingerprint density at radius 1 is 1.26 bits per heavy atom. The van der Waals surface area contributed by atoms with E-state index in [0.717, 1.165) is 25.1 Å². The molecule has 0 unspecified atom stereocenters. The van der Waals surface area contributed by atoms with Crippen LogP contribution in [0.1, 0.15) is 16.0 Å². The fourth-order valence-corrected chi connectivity index (χ4v) is 3.31. The second kappa shape index (κ2) is 5.48. The first kappa shape index (κ1) is 12.3. The quantitative estimate of drug-likeness (QED) is 0.848. The Morgan fingerprint density at radius 2 is 2.16 bits per heavy atom. The summed E-state index contributed by atoms with van der Waals surface area (Å²) in [6.45, 7) is 2.46. The predicted octanol–water partition coefficient (Wildman–Crippen LogP) is 2.62. The minimum Gasteiger partial charge on any atom is -0.366 e. The predicted molar refractivity (Wildman–Crippen MR) is 81.4 cm³/mol. The molecule has 1 aromatic heterocycles. The van der Waals surface area contributed by atoms with E-state index in [2.05, 4.69) is 52.5 Å². The summed E-state index contributed by atoms with van der Waals surface area (Å²) in [6.07, 6.45) is 1.14. The van der Waals surface area contributed by atoms with Gasteiger partial charge in [-0.05, 0) is 29.5 Å². The third-order valence-corrected chi connectivity index (χ3v) is 4.29. The monoisotopic (exact) mass is 268 g/mol. The summed E-state index contributed by atoms with van der Waals surface area (Å²) in [5.41, 5.74) is 9.39. The zero-order valence-electron chi connectivity index (χ0n) is 10.7. The Hall–Kier alpha value is -1.76. The molecular weight excluding hydrogens is 252 g/mol. The summed E-state index contributed by atoms with van der Waals surface area (Å²) in [6, 6.07) is 10.7. The molecule has 0 radical (unpaired) electrons. The second-order valence-electron chi connectivity index (χ2n) is 4.56. The van der Waals surface area contributed by atoms with E-state index in [1.165, 1.54) is 16.1 Å².